The third-order valence-corrected chi connectivity index (χ3v) is 7.20. The molecule has 0 spiro atoms. The molecule has 0 radical (unpaired) electrons. The zero-order valence-corrected chi connectivity index (χ0v) is 21.7. The van der Waals surface area contributed by atoms with Crippen molar-refractivity contribution in [1.29, 1.82) is 0 Å². The van der Waals surface area contributed by atoms with Crippen LogP contribution < -0.4 is 15.2 Å². The third-order valence-electron chi connectivity index (χ3n) is 7.20. The van der Waals surface area contributed by atoms with Gasteiger partial charge in [-0.15, -0.1) is 12.4 Å². The van der Waals surface area contributed by atoms with E-state index in [-0.39, 0.29) is 17.9 Å². The van der Waals surface area contributed by atoms with Crippen molar-refractivity contribution in [3.63, 3.8) is 0 Å². The molecule has 0 unspecified atom stereocenters. The summed E-state index contributed by atoms with van der Waals surface area (Å²) in [5.74, 6) is 0.688. The van der Waals surface area contributed by atoms with E-state index in [0.717, 1.165) is 56.7 Å². The van der Waals surface area contributed by atoms with Crippen molar-refractivity contribution in [2.45, 2.75) is 31.2 Å². The number of halogens is 1. The minimum Gasteiger partial charge on any atom is -0.619 e. The van der Waals surface area contributed by atoms with E-state index in [0.29, 0.717) is 18.8 Å². The average Bonchev–Trinajstić information content (AvgIpc) is 2.93. The Kier molecular flexibility index (Phi) is 7.27. The Morgan fingerprint density at radius 3 is 2.18 bits per heavy atom. The van der Waals surface area contributed by atoms with Crippen molar-refractivity contribution in [2.75, 3.05) is 6.61 Å². The first-order valence-corrected chi connectivity index (χ1v) is 12.7. The van der Waals surface area contributed by atoms with E-state index in [2.05, 4.69) is 36.4 Å². The lowest BCUT2D eigenvalue weighted by Gasteiger charge is -2.38. The summed E-state index contributed by atoms with van der Waals surface area (Å²) < 4.78 is 6.95. The van der Waals surface area contributed by atoms with Crippen LogP contribution in [0.15, 0.2) is 97.3 Å². The molecule has 2 aromatic heterocycles. The predicted octanol–water partition coefficient (Wildman–Crippen LogP) is 5.98. The predicted molar refractivity (Wildman–Crippen MR) is 152 cm³/mol. The molecule has 192 valence electrons. The maximum atomic E-state index is 11.3. The van der Waals surface area contributed by atoms with E-state index in [1.54, 1.807) is 0 Å². The Balaban J connectivity index is 0.00000294. The van der Waals surface area contributed by atoms with Gasteiger partial charge in [-0.05, 0) is 42.5 Å². The molecule has 7 heteroatoms. The normalized spacial score (nSPS) is 13.9. The topological polar surface area (TPSA) is 88.0 Å². The minimum absolute atomic E-state index is 0. The van der Waals surface area contributed by atoms with Crippen molar-refractivity contribution in [3.8, 4) is 28.3 Å². The van der Waals surface area contributed by atoms with Crippen molar-refractivity contribution < 1.29 is 9.47 Å². The number of para-hydroxylation sites is 1. The summed E-state index contributed by atoms with van der Waals surface area (Å²) >= 11 is 0. The van der Waals surface area contributed by atoms with Gasteiger partial charge in [-0.2, -0.15) is 4.73 Å². The van der Waals surface area contributed by atoms with Crippen LogP contribution in [-0.2, 0) is 12.0 Å². The smallest absolute Gasteiger partial charge is 0.180 e. The fourth-order valence-corrected chi connectivity index (χ4v) is 4.86. The molecule has 1 fully saturated rings. The van der Waals surface area contributed by atoms with Gasteiger partial charge in [0.2, 0.25) is 0 Å². The first-order valence-electron chi connectivity index (χ1n) is 12.7. The van der Waals surface area contributed by atoms with Gasteiger partial charge in [-0.25, -0.2) is 9.97 Å². The highest BCUT2D eigenvalue weighted by molar-refractivity contribution is 5.89. The lowest BCUT2D eigenvalue weighted by molar-refractivity contribution is -0.605. The van der Waals surface area contributed by atoms with E-state index < -0.39 is 0 Å². The SMILES string of the molecule is Cl.NC1(c2ccc(-c3nc4c(OCCc5cc[n+]([O-])cc5)cccc4nc3-c3ccccc3)cc2)CCC1. The number of aromatic nitrogens is 3. The Hall–Kier alpha value is -4.00. The number of ether oxygens (including phenoxy) is 1. The van der Waals surface area contributed by atoms with Gasteiger partial charge in [0.15, 0.2) is 12.4 Å². The molecule has 1 aliphatic rings. The molecular weight excluding hydrogens is 496 g/mol. The highest BCUT2D eigenvalue weighted by Gasteiger charge is 2.34. The van der Waals surface area contributed by atoms with Crippen LogP contribution >= 0.6 is 12.4 Å². The second kappa shape index (κ2) is 10.8. The third kappa shape index (κ3) is 5.05. The van der Waals surface area contributed by atoms with Gasteiger partial charge in [-0.3, -0.25) is 0 Å². The fraction of sp³-hybridized carbons (Fsp3) is 0.194. The van der Waals surface area contributed by atoms with Gasteiger partial charge in [0.25, 0.3) is 0 Å². The number of hydrogen-bond acceptors (Lipinski definition) is 5. The molecule has 5 aromatic rings. The summed E-state index contributed by atoms with van der Waals surface area (Å²) in [5.41, 5.74) is 13.7. The molecule has 6 nitrogen and oxygen atoms in total. The summed E-state index contributed by atoms with van der Waals surface area (Å²) in [4.78, 5) is 10.2. The van der Waals surface area contributed by atoms with Crippen LogP contribution in [0, 0.1) is 5.21 Å². The van der Waals surface area contributed by atoms with E-state index in [1.165, 1.54) is 24.4 Å². The molecule has 38 heavy (non-hydrogen) atoms. The van der Waals surface area contributed by atoms with E-state index in [9.17, 15) is 5.21 Å². The lowest BCUT2D eigenvalue weighted by atomic mass is 9.72. The van der Waals surface area contributed by atoms with Crippen molar-refractivity contribution in [3.05, 3.63) is 114 Å². The van der Waals surface area contributed by atoms with Crippen LogP contribution in [0.4, 0.5) is 0 Å². The van der Waals surface area contributed by atoms with Crippen molar-refractivity contribution >= 4 is 23.4 Å². The average molecular weight is 525 g/mol. The van der Waals surface area contributed by atoms with Crippen molar-refractivity contribution in [2.24, 2.45) is 5.73 Å². The van der Waals surface area contributed by atoms with Gasteiger partial charge in [-0.1, -0.05) is 60.7 Å². The zero-order valence-electron chi connectivity index (χ0n) is 20.9. The van der Waals surface area contributed by atoms with Gasteiger partial charge in [0.1, 0.15) is 11.3 Å². The summed E-state index contributed by atoms with van der Waals surface area (Å²) in [5, 5.41) is 11.3. The van der Waals surface area contributed by atoms with E-state index in [1.807, 2.05) is 48.5 Å². The molecule has 2 N–H and O–H groups in total. The molecule has 3 aromatic carbocycles. The number of nitrogens with zero attached hydrogens (tertiary/aromatic N) is 3. The number of benzene rings is 3. The standard InChI is InChI=1S/C31H28N4O2.ClH/c32-31(17-5-18-31)25-12-10-24(11-13-25)29-28(23-6-2-1-3-7-23)33-26-8-4-9-27(30(26)34-29)37-21-16-22-14-19-35(36)20-15-22;/h1-4,6-15,19-20H,5,16-18,21,32H2;1H. The van der Waals surface area contributed by atoms with E-state index >= 15 is 0 Å². The summed E-state index contributed by atoms with van der Waals surface area (Å²) in [6.07, 6.45) is 6.91. The van der Waals surface area contributed by atoms with Gasteiger partial charge >= 0.3 is 0 Å². The first kappa shape index (κ1) is 25.6. The van der Waals surface area contributed by atoms with E-state index in [4.69, 9.17) is 20.4 Å². The number of hydrogen-bond donors (Lipinski definition) is 1. The van der Waals surface area contributed by atoms with Crippen LogP contribution in [0.1, 0.15) is 30.4 Å². The quantitative estimate of drug-likeness (QED) is 0.209. The molecule has 0 amide bonds. The Labute approximate surface area is 228 Å². The monoisotopic (exact) mass is 524 g/mol. The van der Waals surface area contributed by atoms with Gasteiger partial charge in [0.05, 0.1) is 23.5 Å². The van der Waals surface area contributed by atoms with Crippen LogP contribution in [-0.4, -0.2) is 16.6 Å². The van der Waals surface area contributed by atoms with Crippen molar-refractivity contribution in [1.82, 2.24) is 9.97 Å². The molecule has 0 bridgehead atoms. The molecule has 1 aliphatic carbocycles. The molecule has 2 heterocycles. The summed E-state index contributed by atoms with van der Waals surface area (Å²) in [6.45, 7) is 0.465. The summed E-state index contributed by atoms with van der Waals surface area (Å²) in [6, 6.07) is 28.1. The van der Waals surface area contributed by atoms with Crippen LogP contribution in [0.3, 0.4) is 0 Å². The first-order chi connectivity index (χ1) is 18.1. The number of nitrogens with two attached hydrogens (primary N) is 1. The lowest BCUT2D eigenvalue weighted by Crippen LogP contribution is -2.43. The highest BCUT2D eigenvalue weighted by Crippen LogP contribution is 2.40. The molecule has 0 aliphatic heterocycles. The molecular formula is C31H29ClN4O2. The molecule has 6 rings (SSSR count). The molecule has 1 saturated carbocycles. The van der Waals surface area contributed by atoms with Gasteiger partial charge in [0, 0.05) is 35.2 Å². The zero-order chi connectivity index (χ0) is 25.2. The number of fused-ring (bicyclic) bond motifs is 1. The Bertz CT molecular complexity index is 1540. The summed E-state index contributed by atoms with van der Waals surface area (Å²) in [7, 11) is 0. The Morgan fingerprint density at radius 1 is 0.816 bits per heavy atom. The van der Waals surface area contributed by atoms with Crippen LogP contribution in [0.5, 0.6) is 5.75 Å². The fourth-order valence-electron chi connectivity index (χ4n) is 4.86. The second-order valence-corrected chi connectivity index (χ2v) is 9.66. The maximum absolute atomic E-state index is 11.3. The van der Waals surface area contributed by atoms with Gasteiger partial charge < -0.3 is 15.7 Å². The number of pyridine rings is 1. The molecule has 0 saturated heterocycles. The number of rotatable bonds is 7. The minimum atomic E-state index is -0.205. The second-order valence-electron chi connectivity index (χ2n) is 9.66. The highest BCUT2D eigenvalue weighted by atomic mass is 35.5. The maximum Gasteiger partial charge on any atom is 0.180 e. The largest absolute Gasteiger partial charge is 0.619 e. The molecule has 0 atom stereocenters. The Morgan fingerprint density at radius 2 is 1.50 bits per heavy atom. The van der Waals surface area contributed by atoms with Crippen LogP contribution in [0.2, 0.25) is 0 Å². The van der Waals surface area contributed by atoms with Crippen LogP contribution in [0.25, 0.3) is 33.5 Å².